The fraction of sp³-hybridized carbons (Fsp3) is 0.350. The van der Waals surface area contributed by atoms with Crippen LogP contribution in [0.1, 0.15) is 16.7 Å². The van der Waals surface area contributed by atoms with E-state index in [4.69, 9.17) is 10.00 Å². The van der Waals surface area contributed by atoms with E-state index in [0.29, 0.717) is 13.0 Å². The number of hydrogen-bond donors (Lipinski definition) is 1. The number of benzene rings is 2. The van der Waals surface area contributed by atoms with Gasteiger partial charge in [0.15, 0.2) is 0 Å². The minimum Gasteiger partial charge on any atom is -0.491 e. The summed E-state index contributed by atoms with van der Waals surface area (Å²) in [6.07, 6.45) is 0.915. The van der Waals surface area contributed by atoms with Crippen molar-refractivity contribution in [3.05, 3.63) is 65.2 Å². The van der Waals surface area contributed by atoms with E-state index < -0.39 is 6.10 Å². The lowest BCUT2D eigenvalue weighted by Crippen LogP contribution is -2.38. The first-order valence-electron chi connectivity index (χ1n) is 8.30. The van der Waals surface area contributed by atoms with Crippen molar-refractivity contribution in [2.24, 2.45) is 0 Å². The number of aliphatic hydroxyl groups excluding tert-OH is 1. The summed E-state index contributed by atoms with van der Waals surface area (Å²) in [4.78, 5) is 2.27. The normalized spacial score (nSPS) is 15.3. The second-order valence-corrected chi connectivity index (χ2v) is 6.20. The van der Waals surface area contributed by atoms with Crippen LogP contribution in [0.4, 0.5) is 0 Å². The minimum absolute atomic E-state index is 0.274. The molecule has 0 amide bonds. The van der Waals surface area contributed by atoms with Gasteiger partial charge in [0.25, 0.3) is 0 Å². The zero-order valence-corrected chi connectivity index (χ0v) is 13.7. The lowest BCUT2D eigenvalue weighted by molar-refractivity contribution is 0.0638. The molecular formula is C20H22N2O2. The third-order valence-electron chi connectivity index (χ3n) is 4.33. The summed E-state index contributed by atoms with van der Waals surface area (Å²) in [5.74, 6) is 0.722. The van der Waals surface area contributed by atoms with Crippen molar-refractivity contribution < 1.29 is 9.84 Å². The van der Waals surface area contributed by atoms with Crippen molar-refractivity contribution in [3.8, 4) is 11.8 Å². The van der Waals surface area contributed by atoms with Gasteiger partial charge >= 0.3 is 0 Å². The zero-order valence-electron chi connectivity index (χ0n) is 13.7. The Kier molecular flexibility index (Phi) is 5.47. The summed E-state index contributed by atoms with van der Waals surface area (Å²) in [5.41, 5.74) is 3.74. The van der Waals surface area contributed by atoms with Crippen LogP contribution in [0.5, 0.6) is 5.75 Å². The van der Waals surface area contributed by atoms with Crippen molar-refractivity contribution in [2.75, 3.05) is 19.7 Å². The van der Waals surface area contributed by atoms with E-state index >= 15 is 0 Å². The van der Waals surface area contributed by atoms with Gasteiger partial charge in [-0.1, -0.05) is 36.4 Å². The van der Waals surface area contributed by atoms with Gasteiger partial charge in [-0.25, -0.2) is 0 Å². The van der Waals surface area contributed by atoms with Crippen molar-refractivity contribution in [1.29, 1.82) is 5.26 Å². The Bertz CT molecular complexity index is 706. The summed E-state index contributed by atoms with van der Waals surface area (Å²) in [7, 11) is 0. The maximum absolute atomic E-state index is 10.2. The van der Waals surface area contributed by atoms with Gasteiger partial charge in [-0.2, -0.15) is 5.26 Å². The number of fused-ring (bicyclic) bond motifs is 1. The first kappa shape index (κ1) is 16.5. The van der Waals surface area contributed by atoms with Crippen LogP contribution in [0.2, 0.25) is 0 Å². The summed E-state index contributed by atoms with van der Waals surface area (Å²) in [5, 5.41) is 18.9. The predicted molar refractivity (Wildman–Crippen MR) is 92.7 cm³/mol. The van der Waals surface area contributed by atoms with Crippen LogP contribution in [0.3, 0.4) is 0 Å². The molecule has 0 aromatic heterocycles. The van der Waals surface area contributed by atoms with E-state index in [0.717, 1.165) is 30.8 Å². The van der Waals surface area contributed by atoms with Crippen LogP contribution in [-0.4, -0.2) is 35.8 Å². The molecule has 4 heteroatoms. The molecule has 1 aliphatic rings. The van der Waals surface area contributed by atoms with Crippen molar-refractivity contribution in [3.63, 3.8) is 0 Å². The highest BCUT2D eigenvalue weighted by atomic mass is 16.5. The third kappa shape index (κ3) is 4.35. The van der Waals surface area contributed by atoms with Gasteiger partial charge in [-0.15, -0.1) is 0 Å². The summed E-state index contributed by atoms with van der Waals surface area (Å²) in [6, 6.07) is 18.1. The Balaban J connectivity index is 1.46. The molecule has 0 unspecified atom stereocenters. The average Bonchev–Trinajstić information content (AvgIpc) is 2.61. The smallest absolute Gasteiger partial charge is 0.119 e. The van der Waals surface area contributed by atoms with Gasteiger partial charge in [-0.3, -0.25) is 4.90 Å². The second-order valence-electron chi connectivity index (χ2n) is 6.20. The average molecular weight is 322 g/mol. The molecule has 0 bridgehead atoms. The molecular weight excluding hydrogens is 300 g/mol. The lowest BCUT2D eigenvalue weighted by atomic mass is 10.00. The van der Waals surface area contributed by atoms with Crippen LogP contribution in [0, 0.1) is 11.3 Å². The molecule has 1 atom stereocenters. The third-order valence-corrected chi connectivity index (χ3v) is 4.33. The van der Waals surface area contributed by atoms with Crippen LogP contribution < -0.4 is 4.74 Å². The highest BCUT2D eigenvalue weighted by Crippen LogP contribution is 2.19. The summed E-state index contributed by atoms with van der Waals surface area (Å²) < 4.78 is 5.65. The standard InChI is InChI=1S/C20H22N2O2/c21-11-9-16-5-7-20(8-6-16)24-15-19(23)14-22-12-10-17-3-1-2-4-18(17)13-22/h1-8,19,23H,9-10,12-15H2/t19-/m1/s1. The largest absolute Gasteiger partial charge is 0.491 e. The Morgan fingerprint density at radius 1 is 1.12 bits per heavy atom. The topological polar surface area (TPSA) is 56.5 Å². The van der Waals surface area contributed by atoms with Crippen LogP contribution in [0.25, 0.3) is 0 Å². The first-order valence-corrected chi connectivity index (χ1v) is 8.30. The Morgan fingerprint density at radius 2 is 1.88 bits per heavy atom. The van der Waals surface area contributed by atoms with Crippen molar-refractivity contribution in [1.82, 2.24) is 4.90 Å². The molecule has 0 aliphatic carbocycles. The van der Waals surface area contributed by atoms with E-state index in [2.05, 4.69) is 35.2 Å². The van der Waals surface area contributed by atoms with Gasteiger partial charge in [0.1, 0.15) is 18.5 Å². The van der Waals surface area contributed by atoms with E-state index in [1.165, 1.54) is 11.1 Å². The number of nitriles is 1. The predicted octanol–water partition coefficient (Wildman–Crippen LogP) is 2.55. The maximum atomic E-state index is 10.2. The number of ether oxygens (including phenoxy) is 1. The van der Waals surface area contributed by atoms with E-state index in [1.54, 1.807) is 0 Å². The molecule has 0 radical (unpaired) electrons. The molecule has 0 fully saturated rings. The minimum atomic E-state index is -0.519. The van der Waals surface area contributed by atoms with Gasteiger partial charge in [0, 0.05) is 19.6 Å². The van der Waals surface area contributed by atoms with Crippen LogP contribution in [-0.2, 0) is 19.4 Å². The molecule has 3 rings (SSSR count). The van der Waals surface area contributed by atoms with Crippen LogP contribution in [0.15, 0.2) is 48.5 Å². The lowest BCUT2D eigenvalue weighted by Gasteiger charge is -2.30. The molecule has 4 nitrogen and oxygen atoms in total. The Morgan fingerprint density at radius 3 is 2.62 bits per heavy atom. The number of rotatable bonds is 6. The summed E-state index contributed by atoms with van der Waals surface area (Å²) >= 11 is 0. The molecule has 2 aromatic rings. The maximum Gasteiger partial charge on any atom is 0.119 e. The molecule has 1 N–H and O–H groups in total. The number of aliphatic hydroxyl groups is 1. The summed E-state index contributed by atoms with van der Waals surface area (Å²) in [6.45, 7) is 2.74. The quantitative estimate of drug-likeness (QED) is 0.888. The molecule has 0 saturated heterocycles. The van der Waals surface area contributed by atoms with Crippen molar-refractivity contribution in [2.45, 2.75) is 25.5 Å². The molecule has 1 heterocycles. The first-order chi connectivity index (χ1) is 11.7. The van der Waals surface area contributed by atoms with Gasteiger partial charge in [0.2, 0.25) is 0 Å². The van der Waals surface area contributed by atoms with Gasteiger partial charge in [0.05, 0.1) is 12.5 Å². The molecule has 2 aromatic carbocycles. The van der Waals surface area contributed by atoms with Gasteiger partial charge in [-0.05, 0) is 35.2 Å². The van der Waals surface area contributed by atoms with Crippen LogP contribution >= 0.6 is 0 Å². The molecule has 24 heavy (non-hydrogen) atoms. The highest BCUT2D eigenvalue weighted by Gasteiger charge is 2.18. The molecule has 0 spiro atoms. The molecule has 124 valence electrons. The molecule has 1 aliphatic heterocycles. The fourth-order valence-electron chi connectivity index (χ4n) is 3.05. The number of nitrogens with zero attached hydrogens (tertiary/aromatic N) is 2. The highest BCUT2D eigenvalue weighted by molar-refractivity contribution is 5.29. The molecule has 0 saturated carbocycles. The Labute approximate surface area is 142 Å². The van der Waals surface area contributed by atoms with Crippen molar-refractivity contribution >= 4 is 0 Å². The van der Waals surface area contributed by atoms with Gasteiger partial charge < -0.3 is 9.84 Å². The van der Waals surface area contributed by atoms with E-state index in [1.807, 2.05) is 24.3 Å². The second kappa shape index (κ2) is 7.96. The van der Waals surface area contributed by atoms with E-state index in [-0.39, 0.29) is 6.61 Å². The number of β-amino-alcohol motifs (C(OH)–C–C–N with tert-alkyl or cyclic N) is 1. The Hall–Kier alpha value is -2.35. The number of hydrogen-bond acceptors (Lipinski definition) is 4. The fourth-order valence-corrected chi connectivity index (χ4v) is 3.05. The SMILES string of the molecule is N#CCc1ccc(OC[C@H](O)CN2CCc3ccccc3C2)cc1. The monoisotopic (exact) mass is 322 g/mol. The zero-order chi connectivity index (χ0) is 16.8. The van der Waals surface area contributed by atoms with E-state index in [9.17, 15) is 5.11 Å².